The summed E-state index contributed by atoms with van der Waals surface area (Å²) in [5.41, 5.74) is 0. The van der Waals surface area contributed by atoms with E-state index in [9.17, 15) is 9.59 Å². The van der Waals surface area contributed by atoms with E-state index in [0.717, 1.165) is 96.3 Å². The summed E-state index contributed by atoms with van der Waals surface area (Å²) in [5.74, 6) is -0.726. The maximum absolute atomic E-state index is 12.7. The number of hydrogen-bond acceptors (Lipinski definition) is 3. The maximum Gasteiger partial charge on any atom is 0.306 e. The van der Waals surface area contributed by atoms with Crippen molar-refractivity contribution in [1.29, 1.82) is 0 Å². The highest BCUT2D eigenvalue weighted by Gasteiger charge is 2.14. The van der Waals surface area contributed by atoms with E-state index in [-0.39, 0.29) is 18.5 Å². The summed E-state index contributed by atoms with van der Waals surface area (Å²) in [6.07, 6.45) is 59.6. The average molecular weight is 725 g/mol. The maximum atomic E-state index is 12.7. The highest BCUT2D eigenvalue weighted by atomic mass is 16.5. The van der Waals surface area contributed by atoms with Crippen LogP contribution in [-0.2, 0) is 14.3 Å². The molecule has 0 rings (SSSR count). The number of esters is 1. The van der Waals surface area contributed by atoms with Gasteiger partial charge in [0.1, 0.15) is 6.10 Å². The van der Waals surface area contributed by atoms with E-state index in [4.69, 9.17) is 9.84 Å². The molecule has 4 nitrogen and oxygen atoms in total. The number of rotatable bonds is 40. The van der Waals surface area contributed by atoms with Crippen LogP contribution >= 0.6 is 0 Å². The van der Waals surface area contributed by atoms with E-state index in [1.54, 1.807) is 0 Å². The van der Waals surface area contributed by atoms with Crippen molar-refractivity contribution in [3.05, 3.63) is 60.8 Å². The molecule has 0 heterocycles. The monoisotopic (exact) mass is 725 g/mol. The van der Waals surface area contributed by atoms with Crippen LogP contribution < -0.4 is 0 Å². The number of carbonyl (C=O) groups excluding carboxylic acids is 1. The summed E-state index contributed by atoms with van der Waals surface area (Å²) in [6.45, 7) is 4.44. The number of carboxylic acid groups (broad SMARTS) is 1. The predicted octanol–water partition coefficient (Wildman–Crippen LogP) is 15.7. The summed E-state index contributed by atoms with van der Waals surface area (Å²) < 4.78 is 6.01. The summed E-state index contributed by atoms with van der Waals surface area (Å²) in [4.78, 5) is 23.5. The van der Waals surface area contributed by atoms with Crippen molar-refractivity contribution in [1.82, 2.24) is 0 Å². The van der Waals surface area contributed by atoms with Gasteiger partial charge in [-0.05, 0) is 96.3 Å². The van der Waals surface area contributed by atoms with E-state index in [1.807, 2.05) is 0 Å². The van der Waals surface area contributed by atoms with Gasteiger partial charge >= 0.3 is 11.9 Å². The second-order valence-electron chi connectivity index (χ2n) is 14.8. The van der Waals surface area contributed by atoms with Gasteiger partial charge < -0.3 is 9.84 Å². The normalized spacial score (nSPS) is 12.8. The van der Waals surface area contributed by atoms with Crippen LogP contribution in [0.3, 0.4) is 0 Å². The van der Waals surface area contributed by atoms with Gasteiger partial charge in [-0.15, -0.1) is 0 Å². The third-order valence-electron chi connectivity index (χ3n) is 9.72. The molecule has 0 aromatic rings. The molecule has 1 N–H and O–H groups in total. The lowest BCUT2D eigenvalue weighted by atomic mass is 10.0. The van der Waals surface area contributed by atoms with Crippen molar-refractivity contribution in [2.45, 2.75) is 232 Å². The summed E-state index contributed by atoms with van der Waals surface area (Å²) in [5, 5.41) is 8.84. The van der Waals surface area contributed by atoms with E-state index in [0.29, 0.717) is 6.42 Å². The third kappa shape index (κ3) is 42.1. The van der Waals surface area contributed by atoms with Crippen molar-refractivity contribution < 1.29 is 19.4 Å². The molecule has 0 radical (unpaired) electrons. The molecule has 300 valence electrons. The number of carboxylic acids is 1. The predicted molar refractivity (Wildman–Crippen MR) is 227 cm³/mol. The fourth-order valence-corrected chi connectivity index (χ4v) is 6.47. The fraction of sp³-hybridized carbons (Fsp3) is 0.750. The SMILES string of the molecule is CC/C=C\C/C=C\C/C=C\C/C=C\CCCCCCCCCCC(=O)OC(CCC/C=C\CCCCCCCCCC)CCCCCCCC(=O)O. The summed E-state index contributed by atoms with van der Waals surface area (Å²) >= 11 is 0. The van der Waals surface area contributed by atoms with Crippen molar-refractivity contribution in [2.75, 3.05) is 0 Å². The zero-order valence-electron chi connectivity index (χ0n) is 34.4. The Kier molecular flexibility index (Phi) is 41.1. The minimum atomic E-state index is -0.706. The highest BCUT2D eigenvalue weighted by molar-refractivity contribution is 5.69. The van der Waals surface area contributed by atoms with Gasteiger partial charge in [-0.1, -0.05) is 177 Å². The number of ether oxygens (including phenoxy) is 1. The molecule has 0 saturated carbocycles. The summed E-state index contributed by atoms with van der Waals surface area (Å²) in [6, 6.07) is 0. The zero-order valence-corrected chi connectivity index (χ0v) is 34.4. The van der Waals surface area contributed by atoms with Crippen molar-refractivity contribution in [3.63, 3.8) is 0 Å². The smallest absolute Gasteiger partial charge is 0.306 e. The van der Waals surface area contributed by atoms with Crippen LogP contribution in [0.4, 0.5) is 0 Å². The minimum Gasteiger partial charge on any atom is -0.481 e. The largest absolute Gasteiger partial charge is 0.481 e. The Balaban J connectivity index is 4.03. The lowest BCUT2D eigenvalue weighted by Crippen LogP contribution is -2.18. The number of carbonyl (C=O) groups is 2. The molecular weight excluding hydrogens is 641 g/mol. The topological polar surface area (TPSA) is 63.6 Å². The van der Waals surface area contributed by atoms with Crippen molar-refractivity contribution in [2.24, 2.45) is 0 Å². The molecular formula is C48H84O4. The number of unbranched alkanes of at least 4 members (excludes halogenated alkanes) is 21. The molecule has 0 bridgehead atoms. The molecule has 0 aliphatic rings. The molecule has 0 aromatic carbocycles. The van der Waals surface area contributed by atoms with E-state index in [2.05, 4.69) is 74.6 Å². The summed E-state index contributed by atoms with van der Waals surface area (Å²) in [7, 11) is 0. The van der Waals surface area contributed by atoms with Gasteiger partial charge in [0.2, 0.25) is 0 Å². The molecule has 0 fully saturated rings. The first kappa shape index (κ1) is 49.6. The molecule has 0 aliphatic heterocycles. The van der Waals surface area contributed by atoms with Gasteiger partial charge in [-0.3, -0.25) is 9.59 Å². The Morgan fingerprint density at radius 1 is 0.442 bits per heavy atom. The lowest BCUT2D eigenvalue weighted by molar-refractivity contribution is -0.150. The van der Waals surface area contributed by atoms with E-state index in [1.165, 1.54) is 103 Å². The Morgan fingerprint density at radius 3 is 1.35 bits per heavy atom. The molecule has 1 atom stereocenters. The first-order valence-corrected chi connectivity index (χ1v) is 22.3. The molecule has 0 spiro atoms. The number of allylic oxidation sites excluding steroid dienone is 10. The molecule has 0 saturated heterocycles. The van der Waals surface area contributed by atoms with Crippen molar-refractivity contribution in [3.8, 4) is 0 Å². The second-order valence-corrected chi connectivity index (χ2v) is 14.8. The van der Waals surface area contributed by atoms with E-state index < -0.39 is 5.97 Å². The van der Waals surface area contributed by atoms with Crippen LogP contribution in [0.25, 0.3) is 0 Å². The lowest BCUT2D eigenvalue weighted by Gasteiger charge is -2.18. The Bertz CT molecular complexity index is 911. The van der Waals surface area contributed by atoms with Gasteiger partial charge in [0, 0.05) is 12.8 Å². The molecule has 1 unspecified atom stereocenters. The molecule has 4 heteroatoms. The zero-order chi connectivity index (χ0) is 37.8. The molecule has 0 aromatic heterocycles. The van der Waals surface area contributed by atoms with Crippen LogP contribution in [0.2, 0.25) is 0 Å². The number of aliphatic carboxylic acids is 1. The van der Waals surface area contributed by atoms with E-state index >= 15 is 0 Å². The molecule has 52 heavy (non-hydrogen) atoms. The number of hydrogen-bond donors (Lipinski definition) is 1. The first-order valence-electron chi connectivity index (χ1n) is 22.3. The second kappa shape index (κ2) is 43.0. The van der Waals surface area contributed by atoms with Gasteiger partial charge in [-0.2, -0.15) is 0 Å². The fourth-order valence-electron chi connectivity index (χ4n) is 6.47. The third-order valence-corrected chi connectivity index (χ3v) is 9.72. The van der Waals surface area contributed by atoms with Crippen LogP contribution in [0, 0.1) is 0 Å². The molecule has 0 amide bonds. The van der Waals surface area contributed by atoms with Gasteiger partial charge in [0.25, 0.3) is 0 Å². The van der Waals surface area contributed by atoms with Gasteiger partial charge in [-0.25, -0.2) is 0 Å². The Hall–Kier alpha value is -2.36. The molecule has 0 aliphatic carbocycles. The average Bonchev–Trinajstić information content (AvgIpc) is 3.13. The van der Waals surface area contributed by atoms with Crippen LogP contribution in [-0.4, -0.2) is 23.1 Å². The van der Waals surface area contributed by atoms with Gasteiger partial charge in [0.15, 0.2) is 0 Å². The first-order chi connectivity index (χ1) is 25.6. The van der Waals surface area contributed by atoms with Crippen LogP contribution in [0.1, 0.15) is 226 Å². The van der Waals surface area contributed by atoms with Crippen molar-refractivity contribution >= 4 is 11.9 Å². The van der Waals surface area contributed by atoms with Gasteiger partial charge in [0.05, 0.1) is 0 Å². The van der Waals surface area contributed by atoms with Crippen LogP contribution in [0.15, 0.2) is 60.8 Å². The van der Waals surface area contributed by atoms with Crippen LogP contribution in [0.5, 0.6) is 0 Å². The Morgan fingerprint density at radius 2 is 0.827 bits per heavy atom. The highest BCUT2D eigenvalue weighted by Crippen LogP contribution is 2.18. The quantitative estimate of drug-likeness (QED) is 0.0388. The Labute approximate surface area is 323 Å². The minimum absolute atomic E-state index is 0.0179. The standard InChI is InChI=1S/C48H84O4/c1-3-5-7-9-11-13-15-17-18-19-20-21-22-23-24-26-28-30-32-37-41-45-48(51)52-46(43-39-35-33-36-40-44-47(49)50)42-38-34-31-29-27-25-16-14-12-10-8-6-4-2/h5,7,11,13,17-18,20-21,29,31,46H,3-4,6,8-10,12,14-16,19,22-28,30,32-45H2,1-2H3,(H,49,50)/b7-5-,13-11-,18-17-,21-20-,31-29-.